The molecule has 16 heavy (non-hydrogen) atoms. The molecule has 0 spiro atoms. The first kappa shape index (κ1) is 10.6. The number of carbonyl (C=O) groups excluding carboxylic acids is 1. The SMILES string of the molecule is O=C(O)[C@@H]1CCCCN1C(=O)c1ncn[nH]1. The van der Waals surface area contributed by atoms with Crippen molar-refractivity contribution in [1.29, 1.82) is 0 Å². The topological polar surface area (TPSA) is 99.2 Å². The summed E-state index contributed by atoms with van der Waals surface area (Å²) in [5.74, 6) is -1.27. The van der Waals surface area contributed by atoms with E-state index in [4.69, 9.17) is 5.11 Å². The molecular weight excluding hydrogens is 212 g/mol. The zero-order valence-corrected chi connectivity index (χ0v) is 8.59. The first-order valence-electron chi connectivity index (χ1n) is 5.09. The van der Waals surface area contributed by atoms with E-state index in [-0.39, 0.29) is 5.82 Å². The van der Waals surface area contributed by atoms with E-state index in [9.17, 15) is 9.59 Å². The van der Waals surface area contributed by atoms with Crippen LogP contribution in [0.15, 0.2) is 6.33 Å². The number of likely N-dealkylation sites (tertiary alicyclic amines) is 1. The minimum Gasteiger partial charge on any atom is -0.480 e. The number of aromatic amines is 1. The van der Waals surface area contributed by atoms with Crippen LogP contribution in [0.1, 0.15) is 29.9 Å². The molecule has 1 atom stereocenters. The van der Waals surface area contributed by atoms with Crippen LogP contribution in [-0.2, 0) is 4.79 Å². The Morgan fingerprint density at radius 2 is 2.31 bits per heavy atom. The largest absolute Gasteiger partial charge is 0.480 e. The van der Waals surface area contributed by atoms with Crippen LogP contribution in [0, 0.1) is 0 Å². The van der Waals surface area contributed by atoms with Gasteiger partial charge in [-0.2, -0.15) is 5.10 Å². The molecule has 2 heterocycles. The summed E-state index contributed by atoms with van der Waals surface area (Å²) in [4.78, 5) is 28.0. The van der Waals surface area contributed by atoms with Gasteiger partial charge in [0.1, 0.15) is 12.4 Å². The van der Waals surface area contributed by atoms with Crippen molar-refractivity contribution < 1.29 is 14.7 Å². The molecule has 1 fully saturated rings. The summed E-state index contributed by atoms with van der Waals surface area (Å²) in [5, 5.41) is 15.0. The second kappa shape index (κ2) is 4.30. The Bertz CT molecular complexity index is 389. The summed E-state index contributed by atoms with van der Waals surface area (Å²) in [5.41, 5.74) is 0. The monoisotopic (exact) mass is 224 g/mol. The van der Waals surface area contributed by atoms with Gasteiger partial charge in [-0.05, 0) is 19.3 Å². The molecule has 7 nitrogen and oxygen atoms in total. The molecule has 86 valence electrons. The number of rotatable bonds is 2. The second-order valence-corrected chi connectivity index (χ2v) is 3.68. The zero-order valence-electron chi connectivity index (χ0n) is 8.59. The molecule has 0 radical (unpaired) electrons. The van der Waals surface area contributed by atoms with Crippen LogP contribution in [0.25, 0.3) is 0 Å². The van der Waals surface area contributed by atoms with Crippen LogP contribution in [0.3, 0.4) is 0 Å². The van der Waals surface area contributed by atoms with E-state index in [0.29, 0.717) is 13.0 Å². The van der Waals surface area contributed by atoms with Gasteiger partial charge in [-0.3, -0.25) is 9.89 Å². The van der Waals surface area contributed by atoms with Crippen LogP contribution < -0.4 is 0 Å². The van der Waals surface area contributed by atoms with Crippen molar-refractivity contribution >= 4 is 11.9 Å². The maximum atomic E-state index is 11.9. The van der Waals surface area contributed by atoms with Crippen molar-refractivity contribution in [3.8, 4) is 0 Å². The fraction of sp³-hybridized carbons (Fsp3) is 0.556. The Morgan fingerprint density at radius 1 is 1.50 bits per heavy atom. The van der Waals surface area contributed by atoms with Gasteiger partial charge in [-0.1, -0.05) is 0 Å². The fourth-order valence-electron chi connectivity index (χ4n) is 1.88. The number of nitrogens with one attached hydrogen (secondary N) is 1. The van der Waals surface area contributed by atoms with Gasteiger partial charge in [0.25, 0.3) is 5.91 Å². The Hall–Kier alpha value is -1.92. The third kappa shape index (κ3) is 1.88. The Labute approximate surface area is 91.5 Å². The van der Waals surface area contributed by atoms with Crippen molar-refractivity contribution in [2.75, 3.05) is 6.54 Å². The van der Waals surface area contributed by atoms with Gasteiger partial charge in [0.05, 0.1) is 0 Å². The van der Waals surface area contributed by atoms with Gasteiger partial charge in [0, 0.05) is 6.54 Å². The molecule has 1 aromatic heterocycles. The summed E-state index contributed by atoms with van der Waals surface area (Å²) in [6.45, 7) is 0.455. The summed E-state index contributed by atoms with van der Waals surface area (Å²) in [6, 6.07) is -0.744. The minimum atomic E-state index is -0.965. The number of aromatic nitrogens is 3. The lowest BCUT2D eigenvalue weighted by Gasteiger charge is -2.32. The first-order chi connectivity index (χ1) is 7.70. The molecule has 0 aromatic carbocycles. The number of hydrogen-bond donors (Lipinski definition) is 2. The molecule has 2 rings (SSSR count). The number of carbonyl (C=O) groups is 2. The van der Waals surface area contributed by atoms with E-state index in [0.717, 1.165) is 12.8 Å². The van der Waals surface area contributed by atoms with Crippen LogP contribution in [0.5, 0.6) is 0 Å². The van der Waals surface area contributed by atoms with E-state index in [2.05, 4.69) is 15.2 Å². The average molecular weight is 224 g/mol. The smallest absolute Gasteiger partial charge is 0.326 e. The second-order valence-electron chi connectivity index (χ2n) is 3.68. The molecular formula is C9H12N4O3. The van der Waals surface area contributed by atoms with Crippen LogP contribution in [-0.4, -0.2) is 49.7 Å². The maximum absolute atomic E-state index is 11.9. The Balaban J connectivity index is 2.17. The molecule has 0 unspecified atom stereocenters. The molecule has 1 saturated heterocycles. The standard InChI is InChI=1S/C9H12N4O3/c14-8(7-10-5-11-12-7)13-4-2-1-3-6(13)9(15)16/h5-6H,1-4H2,(H,15,16)(H,10,11,12)/t6-/m0/s1. The molecule has 7 heteroatoms. The van der Waals surface area contributed by atoms with Gasteiger partial charge in [-0.15, -0.1) is 0 Å². The van der Waals surface area contributed by atoms with Crippen LogP contribution in [0.4, 0.5) is 0 Å². The minimum absolute atomic E-state index is 0.0909. The number of hydrogen-bond acceptors (Lipinski definition) is 4. The molecule has 1 amide bonds. The predicted octanol–water partition coefficient (Wildman–Crippen LogP) is -0.116. The third-order valence-electron chi connectivity index (χ3n) is 2.67. The molecule has 0 saturated carbocycles. The highest BCUT2D eigenvalue weighted by Gasteiger charge is 2.33. The zero-order chi connectivity index (χ0) is 11.5. The lowest BCUT2D eigenvalue weighted by molar-refractivity contribution is -0.143. The predicted molar refractivity (Wildman–Crippen MR) is 52.7 cm³/mol. The van der Waals surface area contributed by atoms with Gasteiger partial charge < -0.3 is 10.0 Å². The fourth-order valence-corrected chi connectivity index (χ4v) is 1.88. The Kier molecular flexibility index (Phi) is 2.84. The highest BCUT2D eigenvalue weighted by atomic mass is 16.4. The van der Waals surface area contributed by atoms with Crippen molar-refractivity contribution in [3.05, 3.63) is 12.2 Å². The number of H-pyrrole nitrogens is 1. The number of aliphatic carboxylic acids is 1. The summed E-state index contributed by atoms with van der Waals surface area (Å²) in [6.07, 6.45) is 3.38. The van der Waals surface area contributed by atoms with Crippen molar-refractivity contribution in [3.63, 3.8) is 0 Å². The molecule has 1 aliphatic heterocycles. The normalized spacial score (nSPS) is 20.8. The first-order valence-corrected chi connectivity index (χ1v) is 5.09. The van der Waals surface area contributed by atoms with Gasteiger partial charge in [0.2, 0.25) is 5.82 Å². The van der Waals surface area contributed by atoms with Crippen molar-refractivity contribution in [1.82, 2.24) is 20.1 Å². The summed E-state index contributed by atoms with van der Waals surface area (Å²) >= 11 is 0. The quantitative estimate of drug-likeness (QED) is 0.729. The van der Waals surface area contributed by atoms with E-state index in [1.807, 2.05) is 0 Å². The molecule has 0 bridgehead atoms. The van der Waals surface area contributed by atoms with Crippen LogP contribution >= 0.6 is 0 Å². The highest BCUT2D eigenvalue weighted by Crippen LogP contribution is 2.18. The van der Waals surface area contributed by atoms with Gasteiger partial charge in [0.15, 0.2) is 0 Å². The van der Waals surface area contributed by atoms with Crippen molar-refractivity contribution in [2.45, 2.75) is 25.3 Å². The Morgan fingerprint density at radius 3 is 2.94 bits per heavy atom. The van der Waals surface area contributed by atoms with E-state index < -0.39 is 17.9 Å². The molecule has 1 aromatic rings. The number of piperidine rings is 1. The summed E-state index contributed by atoms with van der Waals surface area (Å²) in [7, 11) is 0. The van der Waals surface area contributed by atoms with Crippen LogP contribution in [0.2, 0.25) is 0 Å². The van der Waals surface area contributed by atoms with Gasteiger partial charge >= 0.3 is 5.97 Å². The maximum Gasteiger partial charge on any atom is 0.326 e. The molecule has 1 aliphatic rings. The summed E-state index contributed by atoms with van der Waals surface area (Å²) < 4.78 is 0. The molecule has 0 aliphatic carbocycles. The number of carboxylic acid groups (broad SMARTS) is 1. The van der Waals surface area contributed by atoms with Crippen molar-refractivity contribution in [2.24, 2.45) is 0 Å². The van der Waals surface area contributed by atoms with E-state index >= 15 is 0 Å². The lowest BCUT2D eigenvalue weighted by atomic mass is 10.0. The number of carboxylic acids is 1. The number of nitrogens with zero attached hydrogens (tertiary/aromatic N) is 3. The van der Waals surface area contributed by atoms with E-state index in [1.54, 1.807) is 0 Å². The molecule has 2 N–H and O–H groups in total. The van der Waals surface area contributed by atoms with Gasteiger partial charge in [-0.25, -0.2) is 9.78 Å². The third-order valence-corrected chi connectivity index (χ3v) is 2.67. The van der Waals surface area contributed by atoms with E-state index in [1.165, 1.54) is 11.2 Å². The number of amides is 1. The lowest BCUT2D eigenvalue weighted by Crippen LogP contribution is -2.48. The highest BCUT2D eigenvalue weighted by molar-refractivity contribution is 5.93. The average Bonchev–Trinajstić information content (AvgIpc) is 2.81.